The van der Waals surface area contributed by atoms with Crippen LogP contribution in [0.2, 0.25) is 0 Å². The smallest absolute Gasteiger partial charge is 0.202 e. The minimum absolute atomic E-state index is 0.238. The van der Waals surface area contributed by atoms with Crippen LogP contribution in [0.3, 0.4) is 0 Å². The average Bonchev–Trinajstić information content (AvgIpc) is 2.48. The highest BCUT2D eigenvalue weighted by atomic mass is 79.9. The van der Waals surface area contributed by atoms with Gasteiger partial charge in [0.1, 0.15) is 17.1 Å². The van der Waals surface area contributed by atoms with E-state index in [-0.39, 0.29) is 5.78 Å². The number of carbonyl (C=O) groups excluding carboxylic acids is 1. The molecular formula is C15H14BrNO3. The zero-order chi connectivity index (χ0) is 14.7. The van der Waals surface area contributed by atoms with Gasteiger partial charge in [-0.25, -0.2) is 0 Å². The number of anilines is 1. The lowest BCUT2D eigenvalue weighted by Crippen LogP contribution is -2.09. The Balaban J connectivity index is 2.61. The van der Waals surface area contributed by atoms with Crippen LogP contribution in [0.25, 0.3) is 0 Å². The number of ether oxygens (including phenoxy) is 2. The highest BCUT2D eigenvalue weighted by molar-refractivity contribution is 9.10. The van der Waals surface area contributed by atoms with Gasteiger partial charge in [0.05, 0.1) is 14.2 Å². The molecule has 0 aliphatic rings. The number of rotatable bonds is 4. The molecule has 2 N–H and O–H groups in total. The molecule has 0 atom stereocenters. The molecule has 0 aliphatic carbocycles. The van der Waals surface area contributed by atoms with Crippen LogP contribution in [0.15, 0.2) is 40.9 Å². The predicted octanol–water partition coefficient (Wildman–Crippen LogP) is 3.28. The molecule has 0 heterocycles. The van der Waals surface area contributed by atoms with E-state index in [1.54, 1.807) is 36.4 Å². The monoisotopic (exact) mass is 335 g/mol. The topological polar surface area (TPSA) is 61.5 Å². The van der Waals surface area contributed by atoms with E-state index in [0.29, 0.717) is 28.3 Å². The molecule has 2 aromatic rings. The van der Waals surface area contributed by atoms with Crippen molar-refractivity contribution in [2.24, 2.45) is 0 Å². The van der Waals surface area contributed by atoms with Crippen molar-refractivity contribution in [2.45, 2.75) is 0 Å². The minimum Gasteiger partial charge on any atom is -0.496 e. The second-order valence-corrected chi connectivity index (χ2v) is 5.01. The summed E-state index contributed by atoms with van der Waals surface area (Å²) in [6.07, 6.45) is 0. The third-order valence-electron chi connectivity index (χ3n) is 2.91. The number of hydrogen-bond acceptors (Lipinski definition) is 4. The molecule has 0 saturated carbocycles. The third-order valence-corrected chi connectivity index (χ3v) is 3.41. The van der Waals surface area contributed by atoms with Gasteiger partial charge in [0.2, 0.25) is 5.78 Å². The van der Waals surface area contributed by atoms with Gasteiger partial charge in [-0.15, -0.1) is 0 Å². The Kier molecular flexibility index (Phi) is 4.29. The molecule has 0 amide bonds. The van der Waals surface area contributed by atoms with Crippen molar-refractivity contribution < 1.29 is 14.3 Å². The van der Waals surface area contributed by atoms with E-state index in [0.717, 1.165) is 4.47 Å². The molecule has 0 fully saturated rings. The van der Waals surface area contributed by atoms with Gasteiger partial charge in [-0.2, -0.15) is 0 Å². The van der Waals surface area contributed by atoms with Gasteiger partial charge in [-0.1, -0.05) is 22.0 Å². The van der Waals surface area contributed by atoms with Gasteiger partial charge in [-0.05, 0) is 30.3 Å². The number of nitrogens with two attached hydrogens (primary N) is 1. The van der Waals surface area contributed by atoms with Crippen LogP contribution in [0.5, 0.6) is 11.5 Å². The average molecular weight is 336 g/mol. The number of benzene rings is 2. The number of nitrogen functional groups attached to an aromatic ring is 1. The van der Waals surface area contributed by atoms with Crippen molar-refractivity contribution in [3.8, 4) is 11.5 Å². The van der Waals surface area contributed by atoms with Crippen LogP contribution in [-0.4, -0.2) is 20.0 Å². The molecule has 0 bridgehead atoms. The summed E-state index contributed by atoms with van der Waals surface area (Å²) in [5, 5.41) is 0. The Bertz CT molecular complexity index is 633. The van der Waals surface area contributed by atoms with E-state index in [1.807, 2.05) is 0 Å². The fourth-order valence-electron chi connectivity index (χ4n) is 1.93. The van der Waals surface area contributed by atoms with Gasteiger partial charge < -0.3 is 15.2 Å². The molecule has 0 aromatic heterocycles. The molecule has 4 nitrogen and oxygen atoms in total. The zero-order valence-electron chi connectivity index (χ0n) is 11.1. The van der Waals surface area contributed by atoms with E-state index < -0.39 is 0 Å². The van der Waals surface area contributed by atoms with Crippen LogP contribution in [0.1, 0.15) is 15.9 Å². The molecule has 0 unspecified atom stereocenters. The molecule has 0 spiro atoms. The van der Waals surface area contributed by atoms with Gasteiger partial charge in [0.25, 0.3) is 0 Å². The van der Waals surface area contributed by atoms with Crippen molar-refractivity contribution in [1.29, 1.82) is 0 Å². The third kappa shape index (κ3) is 2.63. The Morgan fingerprint density at radius 1 is 1.10 bits per heavy atom. The Morgan fingerprint density at radius 2 is 1.70 bits per heavy atom. The molecule has 0 radical (unpaired) electrons. The second kappa shape index (κ2) is 5.96. The van der Waals surface area contributed by atoms with Gasteiger partial charge in [-0.3, -0.25) is 4.79 Å². The summed E-state index contributed by atoms with van der Waals surface area (Å²) >= 11 is 3.34. The van der Waals surface area contributed by atoms with Gasteiger partial charge in [0.15, 0.2) is 0 Å². The number of hydrogen-bond donors (Lipinski definition) is 1. The molecule has 2 rings (SSSR count). The van der Waals surface area contributed by atoms with E-state index in [9.17, 15) is 4.79 Å². The molecule has 0 saturated heterocycles. The summed E-state index contributed by atoms with van der Waals surface area (Å²) < 4.78 is 11.3. The highest BCUT2D eigenvalue weighted by Crippen LogP contribution is 2.32. The summed E-state index contributed by atoms with van der Waals surface area (Å²) in [6, 6.07) is 10.3. The fraction of sp³-hybridized carbons (Fsp3) is 0.133. The molecule has 2 aromatic carbocycles. The summed E-state index contributed by atoms with van der Waals surface area (Å²) in [6.45, 7) is 0. The summed E-state index contributed by atoms with van der Waals surface area (Å²) in [4.78, 5) is 12.7. The predicted molar refractivity (Wildman–Crippen MR) is 81.5 cm³/mol. The Hall–Kier alpha value is -2.01. The molecule has 20 heavy (non-hydrogen) atoms. The standard InChI is InChI=1S/C15H14BrNO3/c1-19-12-4-3-5-13(20-2)14(12)15(18)10-8-9(16)6-7-11(10)17/h3-8H,17H2,1-2H3. The molecule has 0 aliphatic heterocycles. The lowest BCUT2D eigenvalue weighted by Gasteiger charge is -2.13. The minimum atomic E-state index is -0.238. The number of methoxy groups -OCH3 is 2. The first kappa shape index (κ1) is 14.4. The Morgan fingerprint density at radius 3 is 2.25 bits per heavy atom. The number of ketones is 1. The lowest BCUT2D eigenvalue weighted by atomic mass is 10.00. The number of carbonyl (C=O) groups is 1. The maximum Gasteiger partial charge on any atom is 0.202 e. The largest absolute Gasteiger partial charge is 0.496 e. The fourth-order valence-corrected chi connectivity index (χ4v) is 2.30. The maximum atomic E-state index is 12.7. The maximum absolute atomic E-state index is 12.7. The van der Waals surface area contributed by atoms with Crippen LogP contribution >= 0.6 is 15.9 Å². The highest BCUT2D eigenvalue weighted by Gasteiger charge is 2.21. The van der Waals surface area contributed by atoms with Crippen molar-refractivity contribution in [2.75, 3.05) is 20.0 Å². The van der Waals surface area contributed by atoms with Crippen molar-refractivity contribution in [3.05, 3.63) is 52.0 Å². The van der Waals surface area contributed by atoms with Crippen molar-refractivity contribution in [1.82, 2.24) is 0 Å². The van der Waals surface area contributed by atoms with E-state index in [2.05, 4.69) is 15.9 Å². The first-order valence-corrected chi connectivity index (χ1v) is 6.68. The van der Waals surface area contributed by atoms with E-state index in [1.165, 1.54) is 14.2 Å². The molecular weight excluding hydrogens is 322 g/mol. The quantitative estimate of drug-likeness (QED) is 0.688. The van der Waals surface area contributed by atoms with Crippen LogP contribution < -0.4 is 15.2 Å². The summed E-state index contributed by atoms with van der Waals surface area (Å²) in [5.74, 6) is 0.667. The summed E-state index contributed by atoms with van der Waals surface area (Å²) in [7, 11) is 3.02. The summed E-state index contributed by atoms with van der Waals surface area (Å²) in [5.41, 5.74) is 7.06. The van der Waals surface area contributed by atoms with E-state index >= 15 is 0 Å². The first-order valence-electron chi connectivity index (χ1n) is 5.89. The van der Waals surface area contributed by atoms with Crippen LogP contribution in [0, 0.1) is 0 Å². The lowest BCUT2D eigenvalue weighted by molar-refractivity contribution is 0.103. The Labute approximate surface area is 125 Å². The van der Waals surface area contributed by atoms with Crippen LogP contribution in [0.4, 0.5) is 5.69 Å². The first-order chi connectivity index (χ1) is 9.58. The normalized spacial score (nSPS) is 10.2. The number of halogens is 1. The SMILES string of the molecule is COc1cccc(OC)c1C(=O)c1cc(Br)ccc1N. The zero-order valence-corrected chi connectivity index (χ0v) is 12.7. The van der Waals surface area contributed by atoms with Crippen molar-refractivity contribution in [3.63, 3.8) is 0 Å². The van der Waals surface area contributed by atoms with Crippen molar-refractivity contribution >= 4 is 27.4 Å². The van der Waals surface area contributed by atoms with Gasteiger partial charge in [0, 0.05) is 15.7 Å². The van der Waals surface area contributed by atoms with Gasteiger partial charge >= 0.3 is 0 Å². The van der Waals surface area contributed by atoms with Crippen LogP contribution in [-0.2, 0) is 0 Å². The van der Waals surface area contributed by atoms with E-state index in [4.69, 9.17) is 15.2 Å². The molecule has 104 valence electrons. The molecule has 5 heteroatoms. The second-order valence-electron chi connectivity index (χ2n) is 4.10.